The van der Waals surface area contributed by atoms with Crippen LogP contribution in [0.5, 0.6) is 11.5 Å². The number of rotatable bonds is 3. The summed E-state index contributed by atoms with van der Waals surface area (Å²) in [5.41, 5.74) is 1.80. The molecule has 0 aliphatic carbocycles. The number of para-hydroxylation sites is 1. The fourth-order valence-electron chi connectivity index (χ4n) is 2.95. The van der Waals surface area contributed by atoms with E-state index in [-0.39, 0.29) is 0 Å². The molecule has 0 saturated heterocycles. The average molecular weight is 373 g/mol. The van der Waals surface area contributed by atoms with Gasteiger partial charge >= 0.3 is 0 Å². The van der Waals surface area contributed by atoms with Gasteiger partial charge in [-0.15, -0.1) is 0 Å². The van der Waals surface area contributed by atoms with Crippen molar-refractivity contribution in [3.63, 3.8) is 0 Å². The number of ether oxygens (including phenoxy) is 2. The van der Waals surface area contributed by atoms with Gasteiger partial charge < -0.3 is 9.47 Å². The largest absolute Gasteiger partial charge is 0.486 e. The third-order valence-corrected chi connectivity index (χ3v) is 5.21. The zero-order valence-corrected chi connectivity index (χ0v) is 15.1. The third-order valence-electron chi connectivity index (χ3n) is 4.22. The molecular formula is C21H15N3O2S. The van der Waals surface area contributed by atoms with E-state index in [0.29, 0.717) is 19.0 Å². The molecule has 0 spiro atoms. The molecule has 0 N–H and O–H groups in total. The first-order chi connectivity index (χ1) is 13.4. The fraction of sp³-hybridized carbons (Fsp3) is 0.0952. The molecule has 0 fully saturated rings. The van der Waals surface area contributed by atoms with Crippen LogP contribution in [-0.2, 0) is 0 Å². The highest BCUT2D eigenvalue weighted by Crippen LogP contribution is 2.38. The standard InChI is InChI=1S/C21H15N3O2S/c1-2-6-17-16(5-1)21(24-20(23-17)14-4-3-9-22-13-14)27-15-7-8-18-19(12-15)26-11-10-25-18/h1-9,12-13H,10-11H2. The Balaban J connectivity index is 1.59. The Morgan fingerprint density at radius 3 is 2.63 bits per heavy atom. The summed E-state index contributed by atoms with van der Waals surface area (Å²) in [5.74, 6) is 2.23. The maximum absolute atomic E-state index is 5.70. The van der Waals surface area contributed by atoms with Gasteiger partial charge in [-0.1, -0.05) is 30.0 Å². The van der Waals surface area contributed by atoms with Gasteiger partial charge in [-0.25, -0.2) is 9.97 Å². The van der Waals surface area contributed by atoms with Crippen molar-refractivity contribution in [2.75, 3.05) is 13.2 Å². The highest BCUT2D eigenvalue weighted by Gasteiger charge is 2.15. The van der Waals surface area contributed by atoms with E-state index in [9.17, 15) is 0 Å². The molecule has 1 aliphatic rings. The Kier molecular flexibility index (Phi) is 4.10. The first kappa shape index (κ1) is 16.1. The van der Waals surface area contributed by atoms with E-state index in [1.165, 1.54) is 0 Å². The summed E-state index contributed by atoms with van der Waals surface area (Å²) in [6, 6.07) is 17.9. The number of pyridine rings is 1. The van der Waals surface area contributed by atoms with Crippen molar-refractivity contribution in [2.24, 2.45) is 0 Å². The first-order valence-electron chi connectivity index (χ1n) is 8.61. The molecule has 0 amide bonds. The van der Waals surface area contributed by atoms with Crippen LogP contribution in [-0.4, -0.2) is 28.2 Å². The van der Waals surface area contributed by atoms with Crippen LogP contribution >= 0.6 is 11.8 Å². The van der Waals surface area contributed by atoms with Crippen LogP contribution in [0.15, 0.2) is 76.9 Å². The second-order valence-corrected chi connectivity index (χ2v) is 7.08. The maximum atomic E-state index is 5.70. The van der Waals surface area contributed by atoms with E-state index >= 15 is 0 Å². The van der Waals surface area contributed by atoms with Crippen molar-refractivity contribution in [2.45, 2.75) is 9.92 Å². The zero-order valence-electron chi connectivity index (χ0n) is 14.3. The Bertz CT molecular complexity index is 1120. The van der Waals surface area contributed by atoms with Crippen LogP contribution in [0.2, 0.25) is 0 Å². The lowest BCUT2D eigenvalue weighted by Crippen LogP contribution is -2.15. The predicted molar refractivity (Wildman–Crippen MR) is 104 cm³/mol. The molecule has 27 heavy (non-hydrogen) atoms. The minimum absolute atomic E-state index is 0.572. The molecule has 0 unspecified atom stereocenters. The lowest BCUT2D eigenvalue weighted by atomic mass is 10.2. The van der Waals surface area contributed by atoms with Gasteiger partial charge in [0.2, 0.25) is 0 Å². The quantitative estimate of drug-likeness (QED) is 0.489. The second kappa shape index (κ2) is 6.89. The summed E-state index contributed by atoms with van der Waals surface area (Å²) in [4.78, 5) is 14.8. The number of benzene rings is 2. The van der Waals surface area contributed by atoms with E-state index in [1.54, 1.807) is 24.2 Å². The van der Waals surface area contributed by atoms with Gasteiger partial charge in [0, 0.05) is 28.2 Å². The Morgan fingerprint density at radius 2 is 1.74 bits per heavy atom. The Labute approximate surface area is 160 Å². The minimum atomic E-state index is 0.572. The van der Waals surface area contributed by atoms with Crippen LogP contribution < -0.4 is 9.47 Å². The number of aromatic nitrogens is 3. The van der Waals surface area contributed by atoms with Crippen molar-refractivity contribution in [3.05, 3.63) is 67.0 Å². The second-order valence-electron chi connectivity index (χ2n) is 6.02. The van der Waals surface area contributed by atoms with Crippen LogP contribution in [0, 0.1) is 0 Å². The maximum Gasteiger partial charge on any atom is 0.162 e. The average Bonchev–Trinajstić information content (AvgIpc) is 2.74. The molecule has 4 aromatic rings. The van der Waals surface area contributed by atoms with E-state index in [4.69, 9.17) is 19.4 Å². The molecule has 5 rings (SSSR count). The first-order valence-corrected chi connectivity index (χ1v) is 9.43. The fourth-order valence-corrected chi connectivity index (χ4v) is 3.89. The van der Waals surface area contributed by atoms with E-state index in [0.717, 1.165) is 37.9 Å². The smallest absolute Gasteiger partial charge is 0.162 e. The molecule has 0 radical (unpaired) electrons. The van der Waals surface area contributed by atoms with Gasteiger partial charge in [-0.05, 0) is 36.4 Å². The summed E-state index contributed by atoms with van der Waals surface area (Å²) >= 11 is 1.59. The van der Waals surface area contributed by atoms with Crippen molar-refractivity contribution in [1.29, 1.82) is 0 Å². The van der Waals surface area contributed by atoms with Gasteiger partial charge in [0.05, 0.1) is 5.52 Å². The van der Waals surface area contributed by atoms with E-state index < -0.39 is 0 Å². The normalized spacial score (nSPS) is 12.9. The van der Waals surface area contributed by atoms with Gasteiger partial charge in [0.1, 0.15) is 18.2 Å². The van der Waals surface area contributed by atoms with Crippen molar-refractivity contribution >= 4 is 22.7 Å². The monoisotopic (exact) mass is 373 g/mol. The summed E-state index contributed by atoms with van der Waals surface area (Å²) in [5, 5.41) is 1.92. The van der Waals surface area contributed by atoms with Crippen LogP contribution in [0.1, 0.15) is 0 Å². The lowest BCUT2D eigenvalue weighted by molar-refractivity contribution is 0.171. The zero-order chi connectivity index (χ0) is 18.1. The Morgan fingerprint density at radius 1 is 0.852 bits per heavy atom. The van der Waals surface area contributed by atoms with Crippen molar-refractivity contribution < 1.29 is 9.47 Å². The van der Waals surface area contributed by atoms with Gasteiger partial charge in [0.15, 0.2) is 17.3 Å². The molecular weight excluding hydrogens is 358 g/mol. The van der Waals surface area contributed by atoms with Gasteiger partial charge in [-0.3, -0.25) is 4.98 Å². The number of hydrogen-bond donors (Lipinski definition) is 0. The number of fused-ring (bicyclic) bond motifs is 2. The van der Waals surface area contributed by atoms with Crippen LogP contribution in [0.25, 0.3) is 22.3 Å². The van der Waals surface area contributed by atoms with Gasteiger partial charge in [0.25, 0.3) is 0 Å². The molecule has 132 valence electrons. The molecule has 2 aromatic carbocycles. The van der Waals surface area contributed by atoms with Crippen molar-refractivity contribution in [1.82, 2.24) is 15.0 Å². The summed E-state index contributed by atoms with van der Waals surface area (Å²) in [7, 11) is 0. The third kappa shape index (κ3) is 3.19. The summed E-state index contributed by atoms with van der Waals surface area (Å²) in [6.45, 7) is 1.16. The molecule has 0 bridgehead atoms. The number of nitrogens with zero attached hydrogens (tertiary/aromatic N) is 3. The van der Waals surface area contributed by atoms with Crippen LogP contribution in [0.3, 0.4) is 0 Å². The molecule has 0 atom stereocenters. The van der Waals surface area contributed by atoms with Gasteiger partial charge in [-0.2, -0.15) is 0 Å². The molecule has 0 saturated carbocycles. The Hall–Kier alpha value is -3.12. The molecule has 3 heterocycles. The SMILES string of the molecule is c1cncc(-c2nc(Sc3ccc4c(c3)OCCO4)c3ccccc3n2)c1. The highest BCUT2D eigenvalue weighted by atomic mass is 32.2. The highest BCUT2D eigenvalue weighted by molar-refractivity contribution is 7.99. The summed E-state index contributed by atoms with van der Waals surface area (Å²) < 4.78 is 11.3. The minimum Gasteiger partial charge on any atom is -0.486 e. The van der Waals surface area contributed by atoms with E-state index in [1.807, 2.05) is 54.6 Å². The number of hydrogen-bond acceptors (Lipinski definition) is 6. The van der Waals surface area contributed by atoms with Crippen molar-refractivity contribution in [3.8, 4) is 22.9 Å². The molecule has 1 aliphatic heterocycles. The van der Waals surface area contributed by atoms with E-state index in [2.05, 4.69) is 4.98 Å². The summed E-state index contributed by atoms with van der Waals surface area (Å²) in [6.07, 6.45) is 3.53. The lowest BCUT2D eigenvalue weighted by Gasteiger charge is -2.18. The molecule has 5 nitrogen and oxygen atoms in total. The topological polar surface area (TPSA) is 57.1 Å². The molecule has 6 heteroatoms. The van der Waals surface area contributed by atoms with Crippen LogP contribution in [0.4, 0.5) is 0 Å². The molecule has 2 aromatic heterocycles. The predicted octanol–water partition coefficient (Wildman–Crippen LogP) is 4.61.